The van der Waals surface area contributed by atoms with Gasteiger partial charge in [0.15, 0.2) is 0 Å². The molecular weight excluding hydrogens is 553 g/mol. The largest absolute Gasteiger partial charge is 0.507 e. The number of phenols is 3. The standard InChI is InChI=1S/C34H46O3S3/c1-19-13-22(16-25(28(19)35)32(4,5)6)38-31(39-23-14-20(2)29(36)26(17-23)33(7,8)9)40-24-15-21(3)30(37)27(18-24)34(10,11)12/h13-18,31,35-37H,1-12H3. The van der Waals surface area contributed by atoms with Gasteiger partial charge in [-0.15, -0.1) is 0 Å². The van der Waals surface area contributed by atoms with Gasteiger partial charge in [0.2, 0.25) is 0 Å². The molecule has 0 aromatic heterocycles. The summed E-state index contributed by atoms with van der Waals surface area (Å²) in [4.78, 5) is 3.30. The van der Waals surface area contributed by atoms with E-state index in [4.69, 9.17) is 0 Å². The molecule has 3 nitrogen and oxygen atoms in total. The van der Waals surface area contributed by atoms with Gasteiger partial charge in [-0.25, -0.2) is 0 Å². The van der Waals surface area contributed by atoms with Crippen LogP contribution in [0.1, 0.15) is 95.7 Å². The number of hydrogen-bond donors (Lipinski definition) is 3. The summed E-state index contributed by atoms with van der Waals surface area (Å²) in [5.74, 6) is 1.09. The van der Waals surface area contributed by atoms with Crippen LogP contribution in [-0.4, -0.2) is 19.2 Å². The maximum atomic E-state index is 10.8. The second-order valence-electron chi connectivity index (χ2n) is 13.8. The van der Waals surface area contributed by atoms with Crippen LogP contribution in [0.4, 0.5) is 0 Å². The Kier molecular flexibility index (Phi) is 9.60. The average molecular weight is 599 g/mol. The quantitative estimate of drug-likeness (QED) is 0.194. The van der Waals surface area contributed by atoms with E-state index in [1.54, 1.807) is 35.3 Å². The third kappa shape index (κ3) is 7.68. The zero-order valence-electron chi connectivity index (χ0n) is 26.1. The molecule has 0 unspecified atom stereocenters. The summed E-state index contributed by atoms with van der Waals surface area (Å²) in [5, 5.41) is 32.5. The smallest absolute Gasteiger partial charge is 0.122 e. The summed E-state index contributed by atoms with van der Waals surface area (Å²) in [5.41, 5.74) is 4.87. The Labute approximate surface area is 254 Å². The number of aromatic hydroxyl groups is 3. The molecule has 0 amide bonds. The SMILES string of the molecule is Cc1cc(SC(Sc2cc(C)c(O)c(C(C)(C)C)c2)Sc2cc(C)c(O)c(C(C)(C)C)c2)cc(C(C)(C)C)c1O. The van der Waals surface area contributed by atoms with E-state index in [0.717, 1.165) is 48.1 Å². The van der Waals surface area contributed by atoms with E-state index < -0.39 is 0 Å². The van der Waals surface area contributed by atoms with Crippen molar-refractivity contribution in [1.82, 2.24) is 0 Å². The molecular formula is C34H46O3S3. The number of aryl methyl sites for hydroxylation is 3. The Morgan fingerprint density at radius 2 is 0.675 bits per heavy atom. The normalized spacial score (nSPS) is 12.8. The van der Waals surface area contributed by atoms with Gasteiger partial charge < -0.3 is 15.3 Å². The van der Waals surface area contributed by atoms with Crippen molar-refractivity contribution in [3.05, 3.63) is 69.8 Å². The van der Waals surface area contributed by atoms with E-state index in [2.05, 4.69) is 98.7 Å². The molecule has 0 atom stereocenters. The van der Waals surface area contributed by atoms with Gasteiger partial charge in [0, 0.05) is 31.4 Å². The highest BCUT2D eigenvalue weighted by Gasteiger charge is 2.26. The lowest BCUT2D eigenvalue weighted by molar-refractivity contribution is 0.441. The van der Waals surface area contributed by atoms with Crippen molar-refractivity contribution in [2.75, 3.05) is 0 Å². The van der Waals surface area contributed by atoms with Gasteiger partial charge in [0.25, 0.3) is 0 Å². The molecule has 3 rings (SSSR count). The Morgan fingerprint density at radius 1 is 0.450 bits per heavy atom. The van der Waals surface area contributed by atoms with E-state index in [9.17, 15) is 15.3 Å². The second-order valence-corrected chi connectivity index (χ2v) is 18.2. The van der Waals surface area contributed by atoms with Crippen molar-refractivity contribution in [3.63, 3.8) is 0 Å². The van der Waals surface area contributed by atoms with E-state index in [1.807, 2.05) is 20.8 Å². The molecule has 0 aliphatic carbocycles. The fourth-order valence-corrected chi connectivity index (χ4v) is 9.10. The lowest BCUT2D eigenvalue weighted by atomic mass is 9.85. The molecule has 6 heteroatoms. The molecule has 0 aliphatic rings. The van der Waals surface area contributed by atoms with Crippen LogP contribution in [0.5, 0.6) is 17.2 Å². The third-order valence-electron chi connectivity index (χ3n) is 6.94. The first kappa shape index (κ1) is 32.6. The number of hydrogen-bond acceptors (Lipinski definition) is 6. The minimum atomic E-state index is -0.188. The number of thioether (sulfide) groups is 3. The Bertz CT molecular complexity index is 1220. The first-order chi connectivity index (χ1) is 18.2. The predicted octanol–water partition coefficient (Wildman–Crippen LogP) is 10.6. The van der Waals surface area contributed by atoms with Gasteiger partial charge in [0.05, 0.1) is 0 Å². The molecule has 3 aromatic rings. The second kappa shape index (κ2) is 11.8. The molecule has 0 radical (unpaired) electrons. The number of rotatable bonds is 6. The average Bonchev–Trinajstić information content (AvgIpc) is 2.78. The first-order valence-corrected chi connectivity index (χ1v) is 16.3. The minimum absolute atomic E-state index is 0.0327. The Morgan fingerprint density at radius 3 is 0.875 bits per heavy atom. The molecule has 0 bridgehead atoms. The fraction of sp³-hybridized carbons (Fsp3) is 0.471. The molecule has 3 aromatic carbocycles. The van der Waals surface area contributed by atoms with Crippen molar-refractivity contribution in [1.29, 1.82) is 0 Å². The summed E-state index contributed by atoms with van der Waals surface area (Å²) >= 11 is 5.30. The lowest BCUT2D eigenvalue weighted by Gasteiger charge is -2.26. The van der Waals surface area contributed by atoms with Gasteiger partial charge in [-0.2, -0.15) is 0 Å². The Balaban J connectivity index is 2.11. The molecule has 0 heterocycles. The predicted molar refractivity (Wildman–Crippen MR) is 176 cm³/mol. The van der Waals surface area contributed by atoms with Crippen LogP contribution in [0, 0.1) is 20.8 Å². The highest BCUT2D eigenvalue weighted by Crippen LogP contribution is 2.50. The van der Waals surface area contributed by atoms with Crippen molar-refractivity contribution < 1.29 is 15.3 Å². The number of phenolic OH excluding ortho intramolecular Hbond substituents is 3. The molecule has 218 valence electrons. The summed E-state index contributed by atoms with van der Waals surface area (Å²) in [6.45, 7) is 25.0. The van der Waals surface area contributed by atoms with Crippen LogP contribution >= 0.6 is 35.3 Å². The van der Waals surface area contributed by atoms with Gasteiger partial charge >= 0.3 is 0 Å². The van der Waals surface area contributed by atoms with E-state index in [-0.39, 0.29) is 20.2 Å². The highest BCUT2D eigenvalue weighted by molar-refractivity contribution is 8.32. The van der Waals surface area contributed by atoms with Crippen molar-refractivity contribution in [2.45, 2.75) is 118 Å². The maximum Gasteiger partial charge on any atom is 0.122 e. The maximum absolute atomic E-state index is 10.8. The van der Waals surface area contributed by atoms with Crippen LogP contribution in [0.3, 0.4) is 0 Å². The monoisotopic (exact) mass is 598 g/mol. The van der Waals surface area contributed by atoms with Crippen LogP contribution < -0.4 is 0 Å². The molecule has 0 saturated carbocycles. The van der Waals surface area contributed by atoms with Crippen LogP contribution in [0.2, 0.25) is 0 Å². The molecule has 3 N–H and O–H groups in total. The molecule has 40 heavy (non-hydrogen) atoms. The molecule has 0 saturated heterocycles. The molecule has 0 aliphatic heterocycles. The third-order valence-corrected chi connectivity index (χ3v) is 10.8. The minimum Gasteiger partial charge on any atom is -0.507 e. The zero-order valence-corrected chi connectivity index (χ0v) is 28.6. The van der Waals surface area contributed by atoms with Crippen molar-refractivity contribution >= 4 is 35.3 Å². The molecule has 0 fully saturated rings. The van der Waals surface area contributed by atoms with Crippen LogP contribution in [0.15, 0.2) is 51.1 Å². The van der Waals surface area contributed by atoms with Crippen LogP contribution in [0.25, 0.3) is 0 Å². The van der Waals surface area contributed by atoms with Gasteiger partial charge in [-0.1, -0.05) is 97.6 Å². The van der Waals surface area contributed by atoms with Crippen LogP contribution in [-0.2, 0) is 16.2 Å². The van der Waals surface area contributed by atoms with E-state index in [0.29, 0.717) is 17.2 Å². The summed E-state index contributed by atoms with van der Waals surface area (Å²) in [6.07, 6.45) is 0. The summed E-state index contributed by atoms with van der Waals surface area (Å²) in [6, 6.07) is 12.5. The first-order valence-electron chi connectivity index (χ1n) is 13.7. The van der Waals surface area contributed by atoms with Gasteiger partial charge in [0.1, 0.15) is 21.2 Å². The topological polar surface area (TPSA) is 60.7 Å². The summed E-state index contributed by atoms with van der Waals surface area (Å²) in [7, 11) is 0. The lowest BCUT2D eigenvalue weighted by Crippen LogP contribution is -2.12. The fourth-order valence-electron chi connectivity index (χ4n) is 4.56. The Hall–Kier alpha value is -1.89. The molecule has 0 spiro atoms. The number of benzene rings is 3. The van der Waals surface area contributed by atoms with E-state index >= 15 is 0 Å². The van der Waals surface area contributed by atoms with Crippen molar-refractivity contribution in [3.8, 4) is 17.2 Å². The highest BCUT2D eigenvalue weighted by atomic mass is 32.3. The van der Waals surface area contributed by atoms with E-state index in [1.165, 1.54) is 0 Å². The summed E-state index contributed by atoms with van der Waals surface area (Å²) < 4.78 is 0.0327. The van der Waals surface area contributed by atoms with Crippen molar-refractivity contribution in [2.24, 2.45) is 0 Å². The zero-order chi connectivity index (χ0) is 30.4. The van der Waals surface area contributed by atoms with Gasteiger partial charge in [-0.3, -0.25) is 0 Å². The van der Waals surface area contributed by atoms with Gasteiger partial charge in [-0.05, 0) is 90.1 Å².